The first-order valence-electron chi connectivity index (χ1n) is 4.62. The fourth-order valence-electron chi connectivity index (χ4n) is 1.77. The van der Waals surface area contributed by atoms with Crippen LogP contribution in [0.3, 0.4) is 0 Å². The molecule has 0 atom stereocenters. The van der Waals surface area contributed by atoms with Crippen molar-refractivity contribution in [2.45, 2.75) is 25.3 Å². The quantitative estimate of drug-likeness (QED) is 0.724. The zero-order valence-electron chi connectivity index (χ0n) is 7.20. The molecule has 0 aromatic carbocycles. The van der Waals surface area contributed by atoms with Gasteiger partial charge in [0.15, 0.2) is 3.83 Å². The molecule has 3 nitrogen and oxygen atoms in total. The largest absolute Gasteiger partial charge is 0.317 e. The van der Waals surface area contributed by atoms with Crippen molar-refractivity contribution < 1.29 is 0 Å². The summed E-state index contributed by atoms with van der Waals surface area (Å²) in [5.41, 5.74) is 2.55. The molecule has 0 N–H and O–H groups in total. The summed E-state index contributed by atoms with van der Waals surface area (Å²) in [6.45, 7) is 1.91. The molecule has 0 unspecified atom stereocenters. The SMILES string of the molecule is Ic1nc(C2CC2)c2n1CCN=C2. The van der Waals surface area contributed by atoms with E-state index in [1.807, 2.05) is 6.21 Å². The molecule has 4 heteroatoms. The van der Waals surface area contributed by atoms with Crippen LogP contribution in [-0.2, 0) is 6.54 Å². The van der Waals surface area contributed by atoms with Gasteiger partial charge in [-0.05, 0) is 35.4 Å². The molecule has 2 heterocycles. The molecule has 1 aliphatic carbocycles. The average Bonchev–Trinajstić information content (AvgIpc) is 2.94. The Kier molecular flexibility index (Phi) is 1.71. The van der Waals surface area contributed by atoms with Crippen molar-refractivity contribution in [1.29, 1.82) is 0 Å². The number of imidazole rings is 1. The molecule has 0 saturated heterocycles. The lowest BCUT2D eigenvalue weighted by Crippen LogP contribution is -2.12. The van der Waals surface area contributed by atoms with Crippen LogP contribution < -0.4 is 0 Å². The Morgan fingerprint density at radius 2 is 2.31 bits per heavy atom. The van der Waals surface area contributed by atoms with Gasteiger partial charge in [0.2, 0.25) is 0 Å². The first-order chi connectivity index (χ1) is 6.36. The fraction of sp³-hybridized carbons (Fsp3) is 0.556. The average molecular weight is 287 g/mol. The maximum Gasteiger partial charge on any atom is 0.172 e. The number of rotatable bonds is 1. The zero-order chi connectivity index (χ0) is 8.84. The van der Waals surface area contributed by atoms with Crippen LogP contribution in [-0.4, -0.2) is 22.3 Å². The molecule has 1 aliphatic heterocycles. The molecule has 1 aromatic rings. The molecule has 1 fully saturated rings. The minimum atomic E-state index is 0.731. The maximum absolute atomic E-state index is 4.61. The van der Waals surface area contributed by atoms with Gasteiger partial charge in [0.1, 0.15) is 0 Å². The lowest BCUT2D eigenvalue weighted by atomic mass is 10.2. The van der Waals surface area contributed by atoms with Crippen LogP contribution in [0.25, 0.3) is 0 Å². The molecule has 0 amide bonds. The highest BCUT2D eigenvalue weighted by molar-refractivity contribution is 14.1. The standard InChI is InChI=1S/C9H10IN3/c10-9-12-8(6-1-2-6)7-5-11-3-4-13(7)9/h5-6H,1-4H2. The van der Waals surface area contributed by atoms with Crippen molar-refractivity contribution in [2.75, 3.05) is 6.54 Å². The fourth-order valence-corrected chi connectivity index (χ4v) is 2.53. The summed E-state index contributed by atoms with van der Waals surface area (Å²) in [5.74, 6) is 0.731. The summed E-state index contributed by atoms with van der Waals surface area (Å²) >= 11 is 2.32. The van der Waals surface area contributed by atoms with Gasteiger partial charge in [0.25, 0.3) is 0 Å². The van der Waals surface area contributed by atoms with E-state index in [0.29, 0.717) is 0 Å². The normalized spacial score (nSPS) is 20.4. The summed E-state index contributed by atoms with van der Waals surface area (Å²) < 4.78 is 3.40. The highest BCUT2D eigenvalue weighted by Gasteiger charge is 2.30. The lowest BCUT2D eigenvalue weighted by molar-refractivity contribution is 0.672. The monoisotopic (exact) mass is 287 g/mol. The van der Waals surface area contributed by atoms with E-state index in [1.165, 1.54) is 24.2 Å². The van der Waals surface area contributed by atoms with E-state index in [4.69, 9.17) is 0 Å². The van der Waals surface area contributed by atoms with Gasteiger partial charge in [-0.15, -0.1) is 0 Å². The molecular formula is C9H10IN3. The van der Waals surface area contributed by atoms with Crippen LogP contribution in [0.4, 0.5) is 0 Å². The molecule has 0 spiro atoms. The van der Waals surface area contributed by atoms with Crippen LogP contribution >= 0.6 is 22.6 Å². The molecule has 0 radical (unpaired) electrons. The molecule has 3 rings (SSSR count). The molecular weight excluding hydrogens is 277 g/mol. The van der Waals surface area contributed by atoms with E-state index in [-0.39, 0.29) is 0 Å². The van der Waals surface area contributed by atoms with Crippen molar-refractivity contribution in [3.8, 4) is 0 Å². The topological polar surface area (TPSA) is 30.2 Å². The van der Waals surface area contributed by atoms with E-state index in [1.54, 1.807) is 0 Å². The maximum atomic E-state index is 4.61. The third-order valence-electron chi connectivity index (χ3n) is 2.62. The summed E-state index contributed by atoms with van der Waals surface area (Å²) in [6, 6.07) is 0. The number of halogens is 1. The predicted octanol–water partition coefficient (Wildman–Crippen LogP) is 1.80. The Bertz CT molecular complexity index is 376. The van der Waals surface area contributed by atoms with Crippen LogP contribution in [0.2, 0.25) is 0 Å². The van der Waals surface area contributed by atoms with Crippen molar-refractivity contribution in [1.82, 2.24) is 9.55 Å². The van der Waals surface area contributed by atoms with Gasteiger partial charge in [-0.25, -0.2) is 4.98 Å². The van der Waals surface area contributed by atoms with E-state index >= 15 is 0 Å². The number of hydrogen-bond donors (Lipinski definition) is 0. The molecule has 68 valence electrons. The highest BCUT2D eigenvalue weighted by atomic mass is 127. The van der Waals surface area contributed by atoms with Gasteiger partial charge in [0, 0.05) is 18.7 Å². The Balaban J connectivity index is 2.16. The summed E-state index contributed by atoms with van der Waals surface area (Å²) in [4.78, 5) is 8.93. The first-order valence-corrected chi connectivity index (χ1v) is 5.70. The summed E-state index contributed by atoms with van der Waals surface area (Å²) in [6.07, 6.45) is 4.62. The smallest absolute Gasteiger partial charge is 0.172 e. The van der Waals surface area contributed by atoms with Gasteiger partial charge in [0.05, 0.1) is 17.9 Å². The van der Waals surface area contributed by atoms with Crippen LogP contribution in [0.5, 0.6) is 0 Å². The summed E-state index contributed by atoms with van der Waals surface area (Å²) in [7, 11) is 0. The second-order valence-corrected chi connectivity index (χ2v) is 4.58. The molecule has 1 saturated carbocycles. The lowest BCUT2D eigenvalue weighted by Gasteiger charge is -2.09. The number of nitrogens with zero attached hydrogens (tertiary/aromatic N) is 3. The molecule has 13 heavy (non-hydrogen) atoms. The van der Waals surface area contributed by atoms with Gasteiger partial charge in [-0.1, -0.05) is 0 Å². The van der Waals surface area contributed by atoms with Crippen molar-refractivity contribution in [2.24, 2.45) is 4.99 Å². The van der Waals surface area contributed by atoms with Crippen molar-refractivity contribution in [3.63, 3.8) is 0 Å². The Hall–Kier alpha value is -0.390. The van der Waals surface area contributed by atoms with Crippen LogP contribution in [0.15, 0.2) is 4.99 Å². The Morgan fingerprint density at radius 1 is 1.46 bits per heavy atom. The van der Waals surface area contributed by atoms with Crippen LogP contribution in [0, 0.1) is 3.83 Å². The van der Waals surface area contributed by atoms with Gasteiger partial charge >= 0.3 is 0 Å². The highest BCUT2D eigenvalue weighted by Crippen LogP contribution is 2.41. The number of fused-ring (bicyclic) bond motifs is 1. The van der Waals surface area contributed by atoms with E-state index in [2.05, 4.69) is 37.1 Å². The minimum absolute atomic E-state index is 0.731. The van der Waals surface area contributed by atoms with Gasteiger partial charge in [-0.3, -0.25) is 4.99 Å². The van der Waals surface area contributed by atoms with E-state index < -0.39 is 0 Å². The van der Waals surface area contributed by atoms with Crippen molar-refractivity contribution >= 4 is 28.8 Å². The summed E-state index contributed by atoms with van der Waals surface area (Å²) in [5, 5.41) is 0. The number of hydrogen-bond acceptors (Lipinski definition) is 2. The Labute approximate surface area is 90.4 Å². The van der Waals surface area contributed by atoms with E-state index in [9.17, 15) is 0 Å². The number of aliphatic imine (C=N–C) groups is 1. The number of aromatic nitrogens is 2. The van der Waals surface area contributed by atoms with Crippen LogP contribution in [0.1, 0.15) is 30.1 Å². The molecule has 0 bridgehead atoms. The van der Waals surface area contributed by atoms with Crippen molar-refractivity contribution in [3.05, 3.63) is 15.2 Å². The zero-order valence-corrected chi connectivity index (χ0v) is 9.36. The van der Waals surface area contributed by atoms with Gasteiger partial charge in [-0.2, -0.15) is 0 Å². The predicted molar refractivity (Wildman–Crippen MR) is 59.4 cm³/mol. The minimum Gasteiger partial charge on any atom is -0.317 e. The molecule has 1 aromatic heterocycles. The third kappa shape index (κ3) is 1.22. The second kappa shape index (κ2) is 2.80. The molecule has 2 aliphatic rings. The first kappa shape index (κ1) is 7.96. The third-order valence-corrected chi connectivity index (χ3v) is 3.44. The van der Waals surface area contributed by atoms with Gasteiger partial charge < -0.3 is 4.57 Å². The van der Waals surface area contributed by atoms with E-state index in [0.717, 1.165) is 22.8 Å². The Morgan fingerprint density at radius 3 is 3.08 bits per heavy atom. The second-order valence-electron chi connectivity index (χ2n) is 3.61.